The largest absolute Gasteiger partial charge is 0.492 e. The molecule has 1 saturated heterocycles. The van der Waals surface area contributed by atoms with E-state index in [1.54, 1.807) is 0 Å². The van der Waals surface area contributed by atoms with E-state index in [0.717, 1.165) is 15.5 Å². The Morgan fingerprint density at radius 3 is 2.32 bits per heavy atom. The third-order valence-corrected chi connectivity index (χ3v) is 5.27. The zero-order chi connectivity index (χ0) is 21.3. The smallest absolute Gasteiger partial charge is 0.444 e. The summed E-state index contributed by atoms with van der Waals surface area (Å²) in [5.74, 6) is 0. The van der Waals surface area contributed by atoms with Crippen LogP contribution in [0.15, 0.2) is 28.1 Å². The van der Waals surface area contributed by atoms with Gasteiger partial charge in [0.1, 0.15) is 5.60 Å². The van der Waals surface area contributed by atoms with Gasteiger partial charge in [0.05, 0.1) is 11.2 Å². The van der Waals surface area contributed by atoms with Crippen LogP contribution in [0.3, 0.4) is 0 Å². The number of hydrogen-bond donors (Lipinski definition) is 2. The van der Waals surface area contributed by atoms with Crippen LogP contribution in [-0.4, -0.2) is 36.6 Å². The summed E-state index contributed by atoms with van der Waals surface area (Å²) in [6.45, 7) is 13.6. The Morgan fingerprint density at radius 2 is 1.82 bits per heavy atom. The molecule has 0 aromatic heterocycles. The standard InChI is InChI=1S/C20H30BBrN2O4/c1-18(2,3)26-17(25)24-12-14(10-13-8-9-15(22)11-16(13)23)21-27-19(4,5)20(6,7)28-21/h8-11H,12,23H2,1-7H3,(H,24,25). The van der Waals surface area contributed by atoms with Gasteiger partial charge >= 0.3 is 13.2 Å². The molecule has 1 aromatic carbocycles. The molecule has 28 heavy (non-hydrogen) atoms. The summed E-state index contributed by atoms with van der Waals surface area (Å²) in [5, 5.41) is 2.78. The lowest BCUT2D eigenvalue weighted by Gasteiger charge is -2.32. The lowest BCUT2D eigenvalue weighted by molar-refractivity contribution is 0.00578. The van der Waals surface area contributed by atoms with Crippen LogP contribution >= 0.6 is 15.9 Å². The molecule has 1 aliphatic rings. The van der Waals surface area contributed by atoms with Gasteiger partial charge in [-0.25, -0.2) is 4.79 Å². The molecule has 154 valence electrons. The van der Waals surface area contributed by atoms with E-state index in [4.69, 9.17) is 19.8 Å². The molecule has 1 heterocycles. The molecule has 3 N–H and O–H groups in total. The van der Waals surface area contributed by atoms with E-state index in [1.807, 2.05) is 72.7 Å². The molecular weight excluding hydrogens is 423 g/mol. The fourth-order valence-corrected chi connectivity index (χ4v) is 2.94. The number of halogens is 1. The molecule has 0 bridgehead atoms. The first-order chi connectivity index (χ1) is 12.7. The number of rotatable bonds is 4. The second-order valence-electron chi connectivity index (χ2n) is 8.94. The number of carbonyl (C=O) groups is 1. The fraction of sp³-hybridized carbons (Fsp3) is 0.550. The molecule has 1 aliphatic heterocycles. The number of amides is 1. The number of anilines is 1. The van der Waals surface area contributed by atoms with Crippen LogP contribution in [0.5, 0.6) is 0 Å². The summed E-state index contributed by atoms with van der Waals surface area (Å²) in [7, 11) is -0.608. The number of hydrogen-bond acceptors (Lipinski definition) is 5. The predicted molar refractivity (Wildman–Crippen MR) is 117 cm³/mol. The van der Waals surface area contributed by atoms with Gasteiger partial charge in [0, 0.05) is 16.7 Å². The molecule has 1 amide bonds. The van der Waals surface area contributed by atoms with Crippen LogP contribution < -0.4 is 11.1 Å². The van der Waals surface area contributed by atoms with Gasteiger partial charge in [-0.05, 0) is 71.6 Å². The average molecular weight is 453 g/mol. The van der Waals surface area contributed by atoms with E-state index < -0.39 is 30.0 Å². The zero-order valence-corrected chi connectivity index (χ0v) is 19.3. The van der Waals surface area contributed by atoms with Crippen LogP contribution in [0, 0.1) is 0 Å². The van der Waals surface area contributed by atoms with Crippen molar-refractivity contribution in [3.8, 4) is 0 Å². The lowest BCUT2D eigenvalue weighted by Crippen LogP contribution is -2.41. The monoisotopic (exact) mass is 452 g/mol. The highest BCUT2D eigenvalue weighted by atomic mass is 79.9. The van der Waals surface area contributed by atoms with Crippen molar-refractivity contribution in [3.05, 3.63) is 33.7 Å². The highest BCUT2D eigenvalue weighted by Crippen LogP contribution is 2.39. The Hall–Kier alpha value is -1.51. The Bertz CT molecular complexity index is 756. The first-order valence-electron chi connectivity index (χ1n) is 9.28. The maximum absolute atomic E-state index is 12.1. The minimum absolute atomic E-state index is 0.210. The Kier molecular flexibility index (Phi) is 6.58. The normalized spacial score (nSPS) is 18.9. The number of nitrogens with one attached hydrogen (secondary N) is 1. The molecule has 0 saturated carbocycles. The molecule has 0 spiro atoms. The van der Waals surface area contributed by atoms with Crippen molar-refractivity contribution in [1.29, 1.82) is 0 Å². The molecule has 0 unspecified atom stereocenters. The summed E-state index contributed by atoms with van der Waals surface area (Å²) < 4.78 is 18.6. The molecule has 1 fully saturated rings. The molecule has 0 atom stereocenters. The molecular formula is C20H30BBrN2O4. The predicted octanol–water partition coefficient (Wildman–Crippen LogP) is 4.57. The highest BCUT2D eigenvalue weighted by molar-refractivity contribution is 9.10. The van der Waals surface area contributed by atoms with Crippen LogP contribution in [0.2, 0.25) is 0 Å². The molecule has 2 rings (SSSR count). The Morgan fingerprint density at radius 1 is 1.25 bits per heavy atom. The van der Waals surface area contributed by atoms with E-state index in [0.29, 0.717) is 5.69 Å². The van der Waals surface area contributed by atoms with Crippen LogP contribution in [-0.2, 0) is 14.0 Å². The van der Waals surface area contributed by atoms with Crippen LogP contribution in [0.4, 0.5) is 10.5 Å². The quantitative estimate of drug-likeness (QED) is 0.516. The van der Waals surface area contributed by atoms with Gasteiger partial charge in [-0.15, -0.1) is 0 Å². The van der Waals surface area contributed by atoms with E-state index in [2.05, 4.69) is 21.2 Å². The Labute approximate surface area is 176 Å². The van der Waals surface area contributed by atoms with Gasteiger partial charge in [-0.3, -0.25) is 0 Å². The van der Waals surface area contributed by atoms with Gasteiger partial charge < -0.3 is 25.1 Å². The van der Waals surface area contributed by atoms with Gasteiger partial charge in [-0.1, -0.05) is 28.1 Å². The van der Waals surface area contributed by atoms with Gasteiger partial charge in [0.25, 0.3) is 0 Å². The zero-order valence-electron chi connectivity index (χ0n) is 17.7. The highest BCUT2D eigenvalue weighted by Gasteiger charge is 2.52. The van der Waals surface area contributed by atoms with Crippen molar-refractivity contribution in [2.45, 2.75) is 65.3 Å². The first-order valence-corrected chi connectivity index (χ1v) is 10.1. The third-order valence-electron chi connectivity index (χ3n) is 4.78. The Balaban J connectivity index is 2.28. The average Bonchev–Trinajstić information content (AvgIpc) is 2.71. The van der Waals surface area contributed by atoms with E-state index >= 15 is 0 Å². The summed E-state index contributed by atoms with van der Waals surface area (Å²) >= 11 is 3.41. The van der Waals surface area contributed by atoms with E-state index in [-0.39, 0.29) is 6.54 Å². The topological polar surface area (TPSA) is 82.8 Å². The van der Waals surface area contributed by atoms with Gasteiger partial charge in [0.2, 0.25) is 0 Å². The molecule has 1 aromatic rings. The minimum Gasteiger partial charge on any atom is -0.444 e. The number of alkyl carbamates (subject to hydrolysis) is 1. The van der Waals surface area contributed by atoms with Crippen molar-refractivity contribution in [1.82, 2.24) is 5.32 Å². The number of nitrogen functional groups attached to an aromatic ring is 1. The molecule has 0 radical (unpaired) electrons. The third kappa shape index (κ3) is 5.75. The minimum atomic E-state index is -0.608. The summed E-state index contributed by atoms with van der Waals surface area (Å²) in [5.41, 5.74) is 6.77. The lowest BCUT2D eigenvalue weighted by atomic mass is 9.77. The summed E-state index contributed by atoms with van der Waals surface area (Å²) in [6, 6.07) is 5.64. The van der Waals surface area contributed by atoms with E-state index in [1.165, 1.54) is 0 Å². The second kappa shape index (κ2) is 8.09. The van der Waals surface area contributed by atoms with Crippen LogP contribution in [0.25, 0.3) is 6.08 Å². The molecule has 8 heteroatoms. The van der Waals surface area contributed by atoms with E-state index in [9.17, 15) is 4.79 Å². The molecule has 6 nitrogen and oxygen atoms in total. The van der Waals surface area contributed by atoms with Crippen molar-refractivity contribution in [3.63, 3.8) is 0 Å². The van der Waals surface area contributed by atoms with Crippen molar-refractivity contribution < 1.29 is 18.8 Å². The SMILES string of the molecule is CC(C)(C)OC(=O)NCC(=Cc1ccc(Br)cc1N)B1OC(C)(C)C(C)(C)O1. The van der Waals surface area contributed by atoms with Crippen molar-refractivity contribution in [2.24, 2.45) is 0 Å². The van der Waals surface area contributed by atoms with Crippen LogP contribution in [0.1, 0.15) is 54.0 Å². The maximum atomic E-state index is 12.1. The summed E-state index contributed by atoms with van der Waals surface area (Å²) in [6.07, 6.45) is 1.39. The first kappa shape index (κ1) is 22.8. The van der Waals surface area contributed by atoms with Gasteiger partial charge in [-0.2, -0.15) is 0 Å². The maximum Gasteiger partial charge on any atom is 0.492 e. The second-order valence-corrected chi connectivity index (χ2v) is 9.85. The number of benzene rings is 1. The van der Waals surface area contributed by atoms with Crippen molar-refractivity contribution in [2.75, 3.05) is 12.3 Å². The number of ether oxygens (including phenoxy) is 1. The summed E-state index contributed by atoms with van der Waals surface area (Å²) in [4.78, 5) is 12.1. The number of nitrogens with two attached hydrogens (primary N) is 1. The van der Waals surface area contributed by atoms with Gasteiger partial charge in [0.15, 0.2) is 0 Å². The number of carbonyl (C=O) groups excluding carboxylic acids is 1. The fourth-order valence-electron chi connectivity index (χ4n) is 2.56. The van der Waals surface area contributed by atoms with Crippen molar-refractivity contribution >= 4 is 40.9 Å². The molecule has 0 aliphatic carbocycles.